The highest BCUT2D eigenvalue weighted by Gasteiger charge is 2.22. The van der Waals surface area contributed by atoms with E-state index >= 15 is 0 Å². The monoisotopic (exact) mass is 386 g/mol. The number of ether oxygens (including phenoxy) is 1. The molecule has 2 aromatic rings. The molecule has 3 rings (SSSR count). The first-order valence-electron chi connectivity index (χ1n) is 8.68. The Morgan fingerprint density at radius 2 is 2.04 bits per heavy atom. The van der Waals surface area contributed by atoms with Gasteiger partial charge in [0.1, 0.15) is 0 Å². The number of nitrogens with one attached hydrogen (secondary N) is 1. The average Bonchev–Trinajstić information content (AvgIpc) is 3.09. The van der Waals surface area contributed by atoms with Crippen molar-refractivity contribution in [3.05, 3.63) is 58.6 Å². The summed E-state index contributed by atoms with van der Waals surface area (Å²) in [5, 5.41) is 2.99. The number of halogens is 1. The largest absolute Gasteiger partial charge is 0.462 e. The van der Waals surface area contributed by atoms with Gasteiger partial charge in [0, 0.05) is 29.9 Å². The van der Waals surface area contributed by atoms with Gasteiger partial charge in [-0.15, -0.1) is 0 Å². The van der Waals surface area contributed by atoms with Crippen LogP contribution in [0.1, 0.15) is 40.5 Å². The highest BCUT2D eigenvalue weighted by Crippen LogP contribution is 2.24. The Morgan fingerprint density at radius 3 is 2.74 bits per heavy atom. The zero-order valence-corrected chi connectivity index (χ0v) is 15.6. The van der Waals surface area contributed by atoms with E-state index in [4.69, 9.17) is 16.3 Å². The molecule has 0 spiro atoms. The molecular weight excluding hydrogens is 368 g/mol. The molecule has 27 heavy (non-hydrogen) atoms. The SMILES string of the molecule is CCOC(=O)c1cc(NC(=O)c2cccc(N3CCCC3=O)c2)ccc1Cl. The minimum absolute atomic E-state index is 0.0596. The van der Waals surface area contributed by atoms with E-state index in [1.54, 1.807) is 42.2 Å². The van der Waals surface area contributed by atoms with Crippen LogP contribution in [0, 0.1) is 0 Å². The van der Waals surface area contributed by atoms with E-state index in [1.165, 1.54) is 12.1 Å². The molecule has 7 heteroatoms. The Morgan fingerprint density at radius 1 is 1.22 bits per heavy atom. The molecule has 1 N–H and O–H groups in total. The van der Waals surface area contributed by atoms with Gasteiger partial charge < -0.3 is 15.0 Å². The zero-order valence-electron chi connectivity index (χ0n) is 14.8. The third-order valence-corrected chi connectivity index (χ3v) is 4.54. The lowest BCUT2D eigenvalue weighted by molar-refractivity contribution is -0.117. The van der Waals surface area contributed by atoms with Crippen LogP contribution in [0.25, 0.3) is 0 Å². The molecule has 1 saturated heterocycles. The summed E-state index contributed by atoms with van der Waals surface area (Å²) in [6.07, 6.45) is 1.34. The number of anilines is 2. The third-order valence-electron chi connectivity index (χ3n) is 4.21. The quantitative estimate of drug-likeness (QED) is 0.791. The van der Waals surface area contributed by atoms with Gasteiger partial charge in [-0.2, -0.15) is 0 Å². The van der Waals surface area contributed by atoms with Gasteiger partial charge in [0.05, 0.1) is 17.2 Å². The van der Waals surface area contributed by atoms with Crippen LogP contribution in [0.2, 0.25) is 5.02 Å². The third kappa shape index (κ3) is 4.28. The van der Waals surface area contributed by atoms with Crippen LogP contribution in [0.5, 0.6) is 0 Å². The van der Waals surface area contributed by atoms with Gasteiger partial charge in [-0.25, -0.2) is 4.79 Å². The maximum atomic E-state index is 12.6. The van der Waals surface area contributed by atoms with E-state index < -0.39 is 5.97 Å². The van der Waals surface area contributed by atoms with E-state index in [2.05, 4.69) is 5.32 Å². The van der Waals surface area contributed by atoms with Gasteiger partial charge >= 0.3 is 5.97 Å². The summed E-state index contributed by atoms with van der Waals surface area (Å²) < 4.78 is 4.96. The van der Waals surface area contributed by atoms with Crippen LogP contribution in [-0.4, -0.2) is 30.9 Å². The Balaban J connectivity index is 1.79. The number of carbonyl (C=O) groups excluding carboxylic acids is 3. The highest BCUT2D eigenvalue weighted by atomic mass is 35.5. The maximum Gasteiger partial charge on any atom is 0.339 e. The number of nitrogens with zero attached hydrogens (tertiary/aromatic N) is 1. The summed E-state index contributed by atoms with van der Waals surface area (Å²) in [6.45, 7) is 2.59. The van der Waals surface area contributed by atoms with Crippen LogP contribution >= 0.6 is 11.6 Å². The minimum atomic E-state index is -0.548. The normalized spacial score (nSPS) is 13.6. The summed E-state index contributed by atoms with van der Waals surface area (Å²) >= 11 is 6.04. The fraction of sp³-hybridized carbons (Fsp3) is 0.250. The van der Waals surface area contributed by atoms with Crippen LogP contribution in [-0.2, 0) is 9.53 Å². The molecule has 1 heterocycles. The fourth-order valence-electron chi connectivity index (χ4n) is 2.91. The Labute approximate surface area is 162 Å². The topological polar surface area (TPSA) is 75.7 Å². The fourth-order valence-corrected chi connectivity index (χ4v) is 3.10. The highest BCUT2D eigenvalue weighted by molar-refractivity contribution is 6.33. The van der Waals surface area contributed by atoms with Crippen molar-refractivity contribution in [2.24, 2.45) is 0 Å². The van der Waals surface area contributed by atoms with Crippen LogP contribution in [0.15, 0.2) is 42.5 Å². The molecule has 0 radical (unpaired) electrons. The van der Waals surface area contributed by atoms with Crippen molar-refractivity contribution < 1.29 is 19.1 Å². The molecule has 1 aliphatic heterocycles. The lowest BCUT2D eigenvalue weighted by Crippen LogP contribution is -2.24. The van der Waals surface area contributed by atoms with Gasteiger partial charge in [-0.05, 0) is 49.7 Å². The molecule has 0 saturated carbocycles. The van der Waals surface area contributed by atoms with Crippen molar-refractivity contribution in [3.63, 3.8) is 0 Å². The average molecular weight is 387 g/mol. The molecule has 1 fully saturated rings. The molecule has 0 unspecified atom stereocenters. The lowest BCUT2D eigenvalue weighted by Gasteiger charge is -2.16. The maximum absolute atomic E-state index is 12.6. The molecule has 0 aromatic heterocycles. The molecule has 140 valence electrons. The Hall–Kier alpha value is -2.86. The number of hydrogen-bond acceptors (Lipinski definition) is 4. The summed E-state index contributed by atoms with van der Waals surface area (Å²) in [5.74, 6) is -0.835. The number of amides is 2. The van der Waals surface area contributed by atoms with Gasteiger partial charge in [0.15, 0.2) is 0 Å². The van der Waals surface area contributed by atoms with Crippen LogP contribution in [0.4, 0.5) is 11.4 Å². The Bertz CT molecular complexity index is 897. The second kappa shape index (κ2) is 8.22. The van der Waals surface area contributed by atoms with Crippen LogP contribution < -0.4 is 10.2 Å². The van der Waals surface area contributed by atoms with E-state index in [0.29, 0.717) is 29.9 Å². The lowest BCUT2D eigenvalue weighted by atomic mass is 10.1. The van der Waals surface area contributed by atoms with Gasteiger partial charge in [0.25, 0.3) is 5.91 Å². The first-order chi connectivity index (χ1) is 13.0. The smallest absolute Gasteiger partial charge is 0.339 e. The van der Waals surface area contributed by atoms with Crippen molar-refractivity contribution in [1.29, 1.82) is 0 Å². The number of carbonyl (C=O) groups is 3. The van der Waals surface area contributed by atoms with Crippen molar-refractivity contribution in [2.45, 2.75) is 19.8 Å². The molecule has 0 atom stereocenters. The summed E-state index contributed by atoms with van der Waals surface area (Å²) in [5.41, 5.74) is 1.73. The number of benzene rings is 2. The summed E-state index contributed by atoms with van der Waals surface area (Å²) in [6, 6.07) is 11.5. The molecular formula is C20H19ClN2O4. The van der Waals surface area contributed by atoms with Gasteiger partial charge in [-0.1, -0.05) is 17.7 Å². The summed E-state index contributed by atoms with van der Waals surface area (Å²) in [4.78, 5) is 38.1. The number of rotatable bonds is 5. The van der Waals surface area contributed by atoms with Crippen LogP contribution in [0.3, 0.4) is 0 Å². The van der Waals surface area contributed by atoms with E-state index in [0.717, 1.165) is 6.42 Å². The van der Waals surface area contributed by atoms with E-state index in [-0.39, 0.29) is 29.0 Å². The standard InChI is InChI=1S/C20H19ClN2O4/c1-2-27-20(26)16-12-14(8-9-17(16)21)22-19(25)13-5-3-6-15(11-13)23-10-4-7-18(23)24/h3,5-6,8-9,11-12H,2,4,7,10H2,1H3,(H,22,25). The molecule has 0 aliphatic carbocycles. The minimum Gasteiger partial charge on any atom is -0.462 e. The first kappa shape index (κ1) is 18.9. The number of hydrogen-bond donors (Lipinski definition) is 1. The predicted octanol–water partition coefficient (Wildman–Crippen LogP) is 3.90. The van der Waals surface area contributed by atoms with Gasteiger partial charge in [-0.3, -0.25) is 9.59 Å². The van der Waals surface area contributed by atoms with E-state index in [9.17, 15) is 14.4 Å². The zero-order chi connectivity index (χ0) is 19.4. The molecule has 0 bridgehead atoms. The number of esters is 1. The molecule has 2 aromatic carbocycles. The Kier molecular flexibility index (Phi) is 5.76. The predicted molar refractivity (Wildman–Crippen MR) is 103 cm³/mol. The second-order valence-corrected chi connectivity index (χ2v) is 6.48. The van der Waals surface area contributed by atoms with E-state index in [1.807, 2.05) is 0 Å². The molecule has 1 aliphatic rings. The second-order valence-electron chi connectivity index (χ2n) is 6.07. The summed E-state index contributed by atoms with van der Waals surface area (Å²) in [7, 11) is 0. The molecule has 2 amide bonds. The van der Waals surface area contributed by atoms with Crippen molar-refractivity contribution in [1.82, 2.24) is 0 Å². The molecule has 6 nitrogen and oxygen atoms in total. The van der Waals surface area contributed by atoms with Gasteiger partial charge in [0.2, 0.25) is 5.91 Å². The van der Waals surface area contributed by atoms with Crippen molar-refractivity contribution >= 4 is 40.8 Å². The van der Waals surface area contributed by atoms with Crippen molar-refractivity contribution in [2.75, 3.05) is 23.4 Å². The first-order valence-corrected chi connectivity index (χ1v) is 9.06. The van der Waals surface area contributed by atoms with Crippen molar-refractivity contribution in [3.8, 4) is 0 Å².